The summed E-state index contributed by atoms with van der Waals surface area (Å²) < 4.78 is 34.0. The van der Waals surface area contributed by atoms with E-state index in [-0.39, 0.29) is 27.9 Å². The molecule has 158 valence electrons. The molecule has 0 radical (unpaired) electrons. The Morgan fingerprint density at radius 3 is 2.62 bits per heavy atom. The molecule has 4 rings (SSSR count). The molecule has 0 atom stereocenters. The van der Waals surface area contributed by atoms with Crippen molar-refractivity contribution in [2.24, 2.45) is 5.92 Å². The molecule has 0 spiro atoms. The fourth-order valence-corrected chi connectivity index (χ4v) is 6.36. The van der Waals surface area contributed by atoms with Crippen LogP contribution in [0, 0.1) is 5.92 Å². The second kappa shape index (κ2) is 8.53. The number of likely N-dealkylation sites (tertiary alicyclic amines) is 1. The van der Waals surface area contributed by atoms with Gasteiger partial charge in [0.2, 0.25) is 15.9 Å². The molecule has 1 aliphatic carbocycles. The molecule has 2 aromatic heterocycles. The molecule has 0 bridgehead atoms. The SMILES string of the molecule is CC1CCC(NS(=O)(=O)c2cc(-c3nnc(C(=O)N4CCCCC4)o3)cs2)CC1. The molecule has 2 aromatic rings. The van der Waals surface area contributed by atoms with Gasteiger partial charge in [-0.1, -0.05) is 6.92 Å². The van der Waals surface area contributed by atoms with Crippen LogP contribution in [-0.4, -0.2) is 48.6 Å². The molecule has 1 amide bonds. The predicted molar refractivity (Wildman–Crippen MR) is 109 cm³/mol. The van der Waals surface area contributed by atoms with E-state index < -0.39 is 10.0 Å². The molecule has 2 fully saturated rings. The highest BCUT2D eigenvalue weighted by atomic mass is 32.2. The number of carbonyl (C=O) groups excluding carboxylic acids is 1. The van der Waals surface area contributed by atoms with E-state index in [1.807, 2.05) is 0 Å². The second-order valence-corrected chi connectivity index (χ2v) is 10.8. The van der Waals surface area contributed by atoms with Crippen molar-refractivity contribution in [2.75, 3.05) is 13.1 Å². The fraction of sp³-hybridized carbons (Fsp3) is 0.632. The molecule has 0 unspecified atom stereocenters. The van der Waals surface area contributed by atoms with Gasteiger partial charge in [-0.2, -0.15) is 0 Å². The van der Waals surface area contributed by atoms with Crippen LogP contribution in [0.4, 0.5) is 0 Å². The largest absolute Gasteiger partial charge is 0.412 e. The van der Waals surface area contributed by atoms with E-state index in [4.69, 9.17) is 4.42 Å². The van der Waals surface area contributed by atoms with Crippen LogP contribution >= 0.6 is 11.3 Å². The minimum absolute atomic E-state index is 0.0149. The number of hydrogen-bond acceptors (Lipinski definition) is 7. The van der Waals surface area contributed by atoms with Crippen LogP contribution in [0.3, 0.4) is 0 Å². The van der Waals surface area contributed by atoms with Crippen LogP contribution in [0.2, 0.25) is 0 Å². The molecule has 3 heterocycles. The van der Waals surface area contributed by atoms with Crippen molar-refractivity contribution in [3.8, 4) is 11.5 Å². The molecule has 1 saturated carbocycles. The van der Waals surface area contributed by atoms with Gasteiger partial charge in [-0.15, -0.1) is 21.5 Å². The van der Waals surface area contributed by atoms with Crippen molar-refractivity contribution < 1.29 is 17.6 Å². The summed E-state index contributed by atoms with van der Waals surface area (Å²) in [5.74, 6) is 0.504. The number of aromatic nitrogens is 2. The average Bonchev–Trinajstić information content (AvgIpc) is 3.40. The smallest absolute Gasteiger partial charge is 0.311 e. The number of hydrogen-bond donors (Lipinski definition) is 1. The highest BCUT2D eigenvalue weighted by Crippen LogP contribution is 2.30. The van der Waals surface area contributed by atoms with E-state index in [0.717, 1.165) is 56.3 Å². The van der Waals surface area contributed by atoms with E-state index in [1.165, 1.54) is 6.07 Å². The normalized spacial score (nSPS) is 23.3. The van der Waals surface area contributed by atoms with Crippen molar-refractivity contribution in [1.29, 1.82) is 0 Å². The molecule has 10 heteroatoms. The Labute approximate surface area is 174 Å². The standard InChI is InChI=1S/C19H26N4O4S2/c1-13-5-7-15(8-6-13)22-29(25,26)16-11-14(12-28-16)17-20-21-18(27-17)19(24)23-9-3-2-4-10-23/h11-13,15,22H,2-10H2,1H3. The number of amides is 1. The average molecular weight is 439 g/mol. The summed E-state index contributed by atoms with van der Waals surface area (Å²) in [6, 6.07) is 1.51. The van der Waals surface area contributed by atoms with Gasteiger partial charge in [-0.3, -0.25) is 4.79 Å². The number of carbonyl (C=O) groups is 1. The summed E-state index contributed by atoms with van der Waals surface area (Å²) >= 11 is 1.11. The van der Waals surface area contributed by atoms with Crippen molar-refractivity contribution in [1.82, 2.24) is 19.8 Å². The van der Waals surface area contributed by atoms with E-state index in [2.05, 4.69) is 21.8 Å². The summed E-state index contributed by atoms with van der Waals surface area (Å²) in [7, 11) is -3.59. The fourth-order valence-electron chi connectivity index (χ4n) is 3.88. The first-order valence-electron chi connectivity index (χ1n) is 10.2. The number of nitrogens with one attached hydrogen (secondary N) is 1. The van der Waals surface area contributed by atoms with E-state index in [1.54, 1.807) is 10.3 Å². The topological polar surface area (TPSA) is 105 Å². The second-order valence-electron chi connectivity index (χ2n) is 8.00. The minimum Gasteiger partial charge on any atom is -0.412 e. The molecule has 0 aromatic carbocycles. The van der Waals surface area contributed by atoms with Gasteiger partial charge in [-0.25, -0.2) is 13.1 Å². The maximum absolute atomic E-state index is 12.7. The van der Waals surface area contributed by atoms with Crippen LogP contribution in [0.1, 0.15) is 62.6 Å². The molecule has 8 nitrogen and oxygen atoms in total. The van der Waals surface area contributed by atoms with Gasteiger partial charge in [0.1, 0.15) is 4.21 Å². The Morgan fingerprint density at radius 1 is 1.17 bits per heavy atom. The van der Waals surface area contributed by atoms with Crippen molar-refractivity contribution in [3.05, 3.63) is 17.3 Å². The third kappa shape index (κ3) is 4.70. The maximum Gasteiger partial charge on any atom is 0.311 e. The Balaban J connectivity index is 1.45. The Hall–Kier alpha value is -1.78. The van der Waals surface area contributed by atoms with Crippen LogP contribution < -0.4 is 4.72 Å². The number of sulfonamides is 1. The van der Waals surface area contributed by atoms with E-state index in [9.17, 15) is 13.2 Å². The summed E-state index contributed by atoms with van der Waals surface area (Å²) in [5, 5.41) is 9.49. The first kappa shape index (κ1) is 20.5. The van der Waals surface area contributed by atoms with E-state index >= 15 is 0 Å². The minimum atomic E-state index is -3.59. The van der Waals surface area contributed by atoms with Crippen molar-refractivity contribution in [2.45, 2.75) is 62.1 Å². The monoisotopic (exact) mass is 438 g/mol. The molecule has 1 N–H and O–H groups in total. The zero-order valence-electron chi connectivity index (χ0n) is 16.5. The lowest BCUT2D eigenvalue weighted by molar-refractivity contribution is 0.0684. The van der Waals surface area contributed by atoms with Gasteiger partial charge in [0, 0.05) is 24.5 Å². The van der Waals surface area contributed by atoms with E-state index in [0.29, 0.717) is 24.6 Å². The zero-order valence-corrected chi connectivity index (χ0v) is 18.1. The molecule has 2 aliphatic rings. The molecule has 29 heavy (non-hydrogen) atoms. The lowest BCUT2D eigenvalue weighted by Crippen LogP contribution is -2.36. The third-order valence-electron chi connectivity index (χ3n) is 5.68. The molecular formula is C19H26N4O4S2. The number of nitrogens with zero attached hydrogens (tertiary/aromatic N) is 3. The highest BCUT2D eigenvalue weighted by Gasteiger charge is 2.27. The van der Waals surface area contributed by atoms with Gasteiger partial charge in [-0.05, 0) is 56.9 Å². The molecule has 1 saturated heterocycles. The summed E-state index contributed by atoms with van der Waals surface area (Å²) in [4.78, 5) is 14.2. The third-order valence-corrected chi connectivity index (χ3v) is 8.64. The van der Waals surface area contributed by atoms with Crippen LogP contribution in [0.15, 0.2) is 20.1 Å². The van der Waals surface area contributed by atoms with Gasteiger partial charge < -0.3 is 9.32 Å². The lowest BCUT2D eigenvalue weighted by Gasteiger charge is -2.26. The first-order valence-corrected chi connectivity index (χ1v) is 12.5. The molecule has 1 aliphatic heterocycles. The molecular weight excluding hydrogens is 412 g/mol. The summed E-state index contributed by atoms with van der Waals surface area (Å²) in [5.41, 5.74) is 0.512. The number of piperidine rings is 1. The maximum atomic E-state index is 12.7. The van der Waals surface area contributed by atoms with Crippen molar-refractivity contribution in [3.63, 3.8) is 0 Å². The number of rotatable bonds is 5. The quantitative estimate of drug-likeness (QED) is 0.768. The lowest BCUT2D eigenvalue weighted by atomic mass is 9.88. The van der Waals surface area contributed by atoms with Crippen LogP contribution in [-0.2, 0) is 10.0 Å². The zero-order chi connectivity index (χ0) is 20.4. The Bertz CT molecular complexity index is 955. The first-order chi connectivity index (χ1) is 13.9. The van der Waals surface area contributed by atoms with Gasteiger partial charge in [0.05, 0.1) is 5.56 Å². The number of thiophene rings is 1. The Kier molecular flexibility index (Phi) is 6.03. The van der Waals surface area contributed by atoms with Gasteiger partial charge in [0.15, 0.2) is 0 Å². The van der Waals surface area contributed by atoms with Crippen LogP contribution in [0.5, 0.6) is 0 Å². The van der Waals surface area contributed by atoms with Gasteiger partial charge in [0.25, 0.3) is 0 Å². The van der Waals surface area contributed by atoms with Crippen LogP contribution in [0.25, 0.3) is 11.5 Å². The van der Waals surface area contributed by atoms with Gasteiger partial charge >= 0.3 is 11.8 Å². The van der Waals surface area contributed by atoms with Crippen molar-refractivity contribution >= 4 is 27.3 Å². The predicted octanol–water partition coefficient (Wildman–Crippen LogP) is 3.28. The summed E-state index contributed by atoms with van der Waals surface area (Å²) in [6.07, 6.45) is 6.89. The summed E-state index contributed by atoms with van der Waals surface area (Å²) in [6.45, 7) is 3.59. The Morgan fingerprint density at radius 2 is 1.90 bits per heavy atom. The highest BCUT2D eigenvalue weighted by molar-refractivity contribution is 7.91.